The number of amides is 1. The second kappa shape index (κ2) is 5.05. The Kier molecular flexibility index (Phi) is 3.40. The van der Waals surface area contributed by atoms with E-state index in [9.17, 15) is 4.79 Å². The minimum absolute atomic E-state index is 0.0790. The Labute approximate surface area is 123 Å². The predicted molar refractivity (Wildman–Crippen MR) is 76.2 cm³/mol. The predicted octanol–water partition coefficient (Wildman–Crippen LogP) is 2.54. The first-order valence-electron chi connectivity index (χ1n) is 6.12. The topological polar surface area (TPSA) is 59.8 Å². The van der Waals surface area contributed by atoms with E-state index >= 15 is 0 Å². The Morgan fingerprint density at radius 1 is 1.58 bits per heavy atom. The van der Waals surface area contributed by atoms with Gasteiger partial charge in [0.1, 0.15) is 10.7 Å². The maximum Gasteiger partial charge on any atom is 0.263 e. The minimum atomic E-state index is -0.138. The van der Waals surface area contributed by atoms with Crippen LogP contribution in [-0.2, 0) is 13.0 Å². The molecule has 1 atom stereocenters. The molecule has 0 radical (unpaired) electrons. The molecule has 1 N–H and O–H groups in total. The molecule has 2 aromatic rings. The maximum atomic E-state index is 12.1. The molecule has 7 heteroatoms. The lowest BCUT2D eigenvalue weighted by Gasteiger charge is -2.13. The zero-order valence-electron chi connectivity index (χ0n) is 10.4. The molecular formula is C12H13BrN4OS. The van der Waals surface area contributed by atoms with Crippen LogP contribution in [0.4, 0.5) is 0 Å². The molecule has 0 fully saturated rings. The van der Waals surface area contributed by atoms with Crippen molar-refractivity contribution in [3.8, 4) is 0 Å². The lowest BCUT2D eigenvalue weighted by molar-refractivity contribution is 0.0941. The third-order valence-electron chi connectivity index (χ3n) is 3.20. The molecule has 0 aromatic carbocycles. The van der Waals surface area contributed by atoms with E-state index in [-0.39, 0.29) is 11.9 Å². The van der Waals surface area contributed by atoms with Gasteiger partial charge in [-0.15, -0.1) is 21.5 Å². The minimum Gasteiger partial charge on any atom is -0.342 e. The summed E-state index contributed by atoms with van der Waals surface area (Å²) in [7, 11) is 0. The number of carbonyl (C=O) groups excluding carboxylic acids is 1. The standard InChI is InChI=1S/C12H13BrN4OS/c1-7(11-16-15-9-3-2-5-17(9)11)14-12(18)10-8(13)4-6-19-10/h4,6-7H,2-3,5H2,1H3,(H,14,18). The van der Waals surface area contributed by atoms with Crippen LogP contribution >= 0.6 is 27.3 Å². The molecule has 1 aliphatic heterocycles. The quantitative estimate of drug-likeness (QED) is 0.933. The highest BCUT2D eigenvalue weighted by Crippen LogP contribution is 2.24. The molecule has 0 saturated heterocycles. The number of aromatic nitrogens is 3. The van der Waals surface area contributed by atoms with E-state index in [0.29, 0.717) is 4.88 Å². The van der Waals surface area contributed by atoms with Crippen molar-refractivity contribution in [1.82, 2.24) is 20.1 Å². The number of aryl methyl sites for hydroxylation is 1. The number of halogens is 1. The Balaban J connectivity index is 1.76. The second-order valence-corrected chi connectivity index (χ2v) is 6.29. The van der Waals surface area contributed by atoms with Crippen LogP contribution in [0.25, 0.3) is 0 Å². The van der Waals surface area contributed by atoms with Crippen LogP contribution in [-0.4, -0.2) is 20.7 Å². The Morgan fingerprint density at radius 2 is 2.42 bits per heavy atom. The van der Waals surface area contributed by atoms with Crippen LogP contribution in [0.3, 0.4) is 0 Å². The second-order valence-electron chi connectivity index (χ2n) is 4.52. The molecule has 2 aromatic heterocycles. The maximum absolute atomic E-state index is 12.1. The largest absolute Gasteiger partial charge is 0.342 e. The molecule has 0 saturated carbocycles. The summed E-state index contributed by atoms with van der Waals surface area (Å²) in [6.07, 6.45) is 2.08. The summed E-state index contributed by atoms with van der Waals surface area (Å²) in [5, 5.41) is 13.2. The van der Waals surface area contributed by atoms with Gasteiger partial charge in [-0.1, -0.05) is 0 Å². The Hall–Kier alpha value is -1.21. The number of thiophene rings is 1. The van der Waals surface area contributed by atoms with Gasteiger partial charge in [0, 0.05) is 17.4 Å². The Morgan fingerprint density at radius 3 is 3.16 bits per heavy atom. The van der Waals surface area contributed by atoms with E-state index in [1.54, 1.807) is 0 Å². The van der Waals surface area contributed by atoms with E-state index in [0.717, 1.165) is 35.5 Å². The normalized spacial score (nSPS) is 15.3. The molecule has 3 rings (SSSR count). The van der Waals surface area contributed by atoms with Gasteiger partial charge in [0.2, 0.25) is 0 Å². The van der Waals surface area contributed by atoms with Gasteiger partial charge in [-0.2, -0.15) is 0 Å². The van der Waals surface area contributed by atoms with Crippen LogP contribution < -0.4 is 5.32 Å². The van der Waals surface area contributed by atoms with Gasteiger partial charge in [0.25, 0.3) is 5.91 Å². The zero-order valence-corrected chi connectivity index (χ0v) is 12.8. The van der Waals surface area contributed by atoms with Crippen LogP contribution in [0.1, 0.15) is 40.7 Å². The average Bonchev–Trinajstić information content (AvgIpc) is 3.02. The summed E-state index contributed by atoms with van der Waals surface area (Å²) >= 11 is 4.79. The fraction of sp³-hybridized carbons (Fsp3) is 0.417. The van der Waals surface area contributed by atoms with Crippen molar-refractivity contribution in [1.29, 1.82) is 0 Å². The fourth-order valence-corrected chi connectivity index (χ4v) is 3.73. The van der Waals surface area contributed by atoms with Gasteiger partial charge in [-0.05, 0) is 40.7 Å². The molecule has 0 bridgehead atoms. The van der Waals surface area contributed by atoms with Crippen molar-refractivity contribution in [3.63, 3.8) is 0 Å². The van der Waals surface area contributed by atoms with E-state index in [1.165, 1.54) is 11.3 Å². The lowest BCUT2D eigenvalue weighted by atomic mass is 10.3. The molecule has 5 nitrogen and oxygen atoms in total. The first-order valence-corrected chi connectivity index (χ1v) is 7.80. The summed E-state index contributed by atoms with van der Waals surface area (Å²) in [6, 6.07) is 1.74. The van der Waals surface area contributed by atoms with Crippen molar-refractivity contribution in [2.75, 3.05) is 0 Å². The first-order chi connectivity index (χ1) is 9.16. The van der Waals surface area contributed by atoms with Gasteiger partial charge in [-0.25, -0.2) is 0 Å². The summed E-state index contributed by atoms with van der Waals surface area (Å²) < 4.78 is 2.93. The van der Waals surface area contributed by atoms with Gasteiger partial charge in [0.15, 0.2) is 5.82 Å². The number of nitrogens with one attached hydrogen (secondary N) is 1. The van der Waals surface area contributed by atoms with Crippen molar-refractivity contribution in [3.05, 3.63) is 32.4 Å². The fourth-order valence-electron chi connectivity index (χ4n) is 2.28. The number of fused-ring (bicyclic) bond motifs is 1. The number of hydrogen-bond acceptors (Lipinski definition) is 4. The van der Waals surface area contributed by atoms with Crippen molar-refractivity contribution < 1.29 is 4.79 Å². The van der Waals surface area contributed by atoms with Crippen molar-refractivity contribution in [2.24, 2.45) is 0 Å². The monoisotopic (exact) mass is 340 g/mol. The van der Waals surface area contributed by atoms with E-state index in [2.05, 4.69) is 36.0 Å². The van der Waals surface area contributed by atoms with E-state index in [4.69, 9.17) is 0 Å². The van der Waals surface area contributed by atoms with Crippen molar-refractivity contribution in [2.45, 2.75) is 32.4 Å². The number of nitrogens with zero attached hydrogens (tertiary/aromatic N) is 3. The van der Waals surface area contributed by atoms with E-state index < -0.39 is 0 Å². The van der Waals surface area contributed by atoms with E-state index in [1.807, 2.05) is 18.4 Å². The van der Waals surface area contributed by atoms with Crippen LogP contribution in [0.15, 0.2) is 15.9 Å². The molecular weight excluding hydrogens is 328 g/mol. The van der Waals surface area contributed by atoms with Gasteiger partial charge in [0.05, 0.1) is 6.04 Å². The zero-order chi connectivity index (χ0) is 13.4. The molecule has 100 valence electrons. The highest BCUT2D eigenvalue weighted by atomic mass is 79.9. The first kappa shape index (κ1) is 12.8. The molecule has 1 amide bonds. The van der Waals surface area contributed by atoms with Crippen molar-refractivity contribution >= 4 is 33.2 Å². The third kappa shape index (κ3) is 2.32. The lowest BCUT2D eigenvalue weighted by Crippen LogP contribution is -2.28. The summed E-state index contributed by atoms with van der Waals surface area (Å²) in [5.41, 5.74) is 0. The molecule has 3 heterocycles. The SMILES string of the molecule is CC(NC(=O)c1sccc1Br)c1nnc2n1CCC2. The van der Waals surface area contributed by atoms with Gasteiger partial charge < -0.3 is 9.88 Å². The number of rotatable bonds is 3. The number of hydrogen-bond donors (Lipinski definition) is 1. The van der Waals surface area contributed by atoms with Crippen LogP contribution in [0, 0.1) is 0 Å². The summed E-state index contributed by atoms with van der Waals surface area (Å²) in [5.74, 6) is 1.78. The highest BCUT2D eigenvalue weighted by molar-refractivity contribution is 9.10. The summed E-state index contributed by atoms with van der Waals surface area (Å²) in [6.45, 7) is 2.88. The van der Waals surface area contributed by atoms with Gasteiger partial charge in [-0.3, -0.25) is 4.79 Å². The number of carbonyl (C=O) groups is 1. The third-order valence-corrected chi connectivity index (χ3v) is 5.03. The molecule has 1 unspecified atom stereocenters. The smallest absolute Gasteiger partial charge is 0.263 e. The molecule has 0 aliphatic carbocycles. The highest BCUT2D eigenvalue weighted by Gasteiger charge is 2.23. The molecule has 0 spiro atoms. The summed E-state index contributed by atoms with van der Waals surface area (Å²) in [4.78, 5) is 12.8. The average molecular weight is 341 g/mol. The Bertz CT molecular complexity index is 621. The molecule has 19 heavy (non-hydrogen) atoms. The van der Waals surface area contributed by atoms with Crippen LogP contribution in [0.5, 0.6) is 0 Å². The van der Waals surface area contributed by atoms with Crippen LogP contribution in [0.2, 0.25) is 0 Å². The van der Waals surface area contributed by atoms with Gasteiger partial charge >= 0.3 is 0 Å². The molecule has 1 aliphatic rings.